The van der Waals surface area contributed by atoms with Crippen molar-refractivity contribution in [3.05, 3.63) is 55.1 Å². The first-order chi connectivity index (χ1) is 15.4. The highest BCUT2D eigenvalue weighted by Gasteiger charge is 2.23. The molecule has 0 bridgehead atoms. The number of rotatable bonds is 10. The molecule has 0 aliphatic heterocycles. The molecule has 0 aliphatic carbocycles. The molecule has 1 heterocycles. The Hall–Kier alpha value is -3.44. The molecule has 0 saturated heterocycles. The van der Waals surface area contributed by atoms with E-state index < -0.39 is 10.0 Å². The Balaban J connectivity index is 1.68. The number of hydrogen-bond acceptors (Lipinski definition) is 7. The minimum atomic E-state index is -3.66. The fourth-order valence-electron chi connectivity index (χ4n) is 3.11. The topological polar surface area (TPSA) is 118 Å². The smallest absolute Gasteiger partial charge is 0.243 e. The van der Waals surface area contributed by atoms with E-state index in [4.69, 9.17) is 4.74 Å². The first-order valence-corrected chi connectivity index (χ1v) is 11.5. The molecule has 3 aromatic rings. The van der Waals surface area contributed by atoms with Crippen LogP contribution in [0, 0.1) is 0 Å². The second-order valence-electron chi connectivity index (χ2n) is 6.74. The fraction of sp³-hybridized carbons (Fsp3) is 0.286. The van der Waals surface area contributed by atoms with Gasteiger partial charge in [0.25, 0.3) is 0 Å². The summed E-state index contributed by atoms with van der Waals surface area (Å²) < 4.78 is 33.9. The van der Waals surface area contributed by atoms with Crippen LogP contribution in [0.3, 0.4) is 0 Å². The van der Waals surface area contributed by atoms with Crippen molar-refractivity contribution in [2.24, 2.45) is 0 Å². The number of anilines is 2. The molecule has 0 radical (unpaired) electrons. The number of ether oxygens (including phenoxy) is 1. The molecule has 2 aromatic carbocycles. The number of nitrogens with zero attached hydrogens (tertiary/aromatic N) is 4. The lowest BCUT2D eigenvalue weighted by atomic mass is 10.2. The highest BCUT2D eigenvalue weighted by molar-refractivity contribution is 7.89. The van der Waals surface area contributed by atoms with E-state index >= 15 is 0 Å². The van der Waals surface area contributed by atoms with Crippen LogP contribution in [0.25, 0.3) is 5.69 Å². The summed E-state index contributed by atoms with van der Waals surface area (Å²) in [5.41, 5.74) is 1.87. The molecule has 11 heteroatoms. The second kappa shape index (κ2) is 10.2. The number of aromatic nitrogens is 3. The molecule has 3 rings (SSSR count). The molecule has 32 heavy (non-hydrogen) atoms. The molecule has 2 N–H and O–H groups in total. The SMILES string of the molecule is CCN(CC)S(=O)(=O)c1ccc(OC)c(NC(=O)CNc2ccc(-n3cncn3)cc2)c1. The van der Waals surface area contributed by atoms with Crippen molar-refractivity contribution in [2.75, 3.05) is 37.4 Å². The van der Waals surface area contributed by atoms with Gasteiger partial charge in [-0.1, -0.05) is 13.8 Å². The predicted octanol–water partition coefficient (Wildman–Crippen LogP) is 2.36. The van der Waals surface area contributed by atoms with Crippen LogP contribution < -0.4 is 15.4 Å². The third-order valence-corrected chi connectivity index (χ3v) is 6.84. The number of carbonyl (C=O) groups is 1. The van der Waals surface area contributed by atoms with E-state index in [1.54, 1.807) is 24.9 Å². The lowest BCUT2D eigenvalue weighted by Crippen LogP contribution is -2.30. The Morgan fingerprint density at radius 3 is 2.44 bits per heavy atom. The van der Waals surface area contributed by atoms with Gasteiger partial charge in [-0.3, -0.25) is 4.79 Å². The van der Waals surface area contributed by atoms with Crippen LogP contribution in [0.15, 0.2) is 60.0 Å². The van der Waals surface area contributed by atoms with Crippen molar-refractivity contribution >= 4 is 27.3 Å². The number of methoxy groups -OCH3 is 1. The largest absolute Gasteiger partial charge is 0.495 e. The third-order valence-electron chi connectivity index (χ3n) is 4.79. The van der Waals surface area contributed by atoms with Gasteiger partial charge in [0.1, 0.15) is 18.4 Å². The normalized spacial score (nSPS) is 11.4. The van der Waals surface area contributed by atoms with Crippen LogP contribution in [0.1, 0.15) is 13.8 Å². The third kappa shape index (κ3) is 5.24. The number of carbonyl (C=O) groups excluding carboxylic acids is 1. The summed E-state index contributed by atoms with van der Waals surface area (Å²) in [4.78, 5) is 16.5. The Morgan fingerprint density at radius 1 is 1.12 bits per heavy atom. The van der Waals surface area contributed by atoms with Gasteiger partial charge in [0.05, 0.1) is 29.9 Å². The van der Waals surface area contributed by atoms with E-state index in [0.29, 0.717) is 18.8 Å². The zero-order valence-electron chi connectivity index (χ0n) is 18.1. The molecule has 10 nitrogen and oxygen atoms in total. The quantitative estimate of drug-likeness (QED) is 0.479. The van der Waals surface area contributed by atoms with Crippen LogP contribution in [-0.2, 0) is 14.8 Å². The lowest BCUT2D eigenvalue weighted by Gasteiger charge is -2.19. The predicted molar refractivity (Wildman–Crippen MR) is 122 cm³/mol. The fourth-order valence-corrected chi connectivity index (χ4v) is 4.59. The number of benzene rings is 2. The summed E-state index contributed by atoms with van der Waals surface area (Å²) in [7, 11) is -2.21. The van der Waals surface area contributed by atoms with Gasteiger partial charge in [0.2, 0.25) is 15.9 Å². The first-order valence-electron chi connectivity index (χ1n) is 10.1. The molecule has 0 atom stereocenters. The van der Waals surface area contributed by atoms with Gasteiger partial charge in [-0.05, 0) is 42.5 Å². The Morgan fingerprint density at radius 2 is 1.84 bits per heavy atom. The summed E-state index contributed by atoms with van der Waals surface area (Å²) in [5, 5.41) is 9.82. The summed E-state index contributed by atoms with van der Waals surface area (Å²) >= 11 is 0. The zero-order valence-corrected chi connectivity index (χ0v) is 19.0. The van der Waals surface area contributed by atoms with Crippen LogP contribution in [0.4, 0.5) is 11.4 Å². The van der Waals surface area contributed by atoms with E-state index in [-0.39, 0.29) is 23.0 Å². The number of sulfonamides is 1. The Bertz CT molecular complexity index is 1140. The maximum atomic E-state index is 12.8. The highest BCUT2D eigenvalue weighted by atomic mass is 32.2. The maximum Gasteiger partial charge on any atom is 0.243 e. The average molecular weight is 459 g/mol. The van der Waals surface area contributed by atoms with Crippen molar-refractivity contribution in [1.29, 1.82) is 0 Å². The molecule has 170 valence electrons. The monoisotopic (exact) mass is 458 g/mol. The number of hydrogen-bond donors (Lipinski definition) is 2. The van der Waals surface area contributed by atoms with Crippen molar-refractivity contribution in [3.8, 4) is 11.4 Å². The van der Waals surface area contributed by atoms with E-state index in [0.717, 1.165) is 11.4 Å². The van der Waals surface area contributed by atoms with E-state index in [2.05, 4.69) is 20.7 Å². The second-order valence-corrected chi connectivity index (χ2v) is 8.68. The minimum absolute atomic E-state index is 0.0150. The molecule has 0 fully saturated rings. The Labute approximate surface area is 187 Å². The molecule has 0 saturated carbocycles. The molecule has 0 aliphatic rings. The van der Waals surface area contributed by atoms with E-state index in [1.807, 2.05) is 24.3 Å². The number of nitrogens with one attached hydrogen (secondary N) is 2. The summed E-state index contributed by atoms with van der Waals surface area (Å²) in [6.45, 7) is 4.24. The minimum Gasteiger partial charge on any atom is -0.495 e. The maximum absolute atomic E-state index is 12.8. The van der Waals surface area contributed by atoms with Gasteiger partial charge in [-0.2, -0.15) is 9.40 Å². The molecule has 1 amide bonds. The molecule has 1 aromatic heterocycles. The van der Waals surface area contributed by atoms with Gasteiger partial charge >= 0.3 is 0 Å². The van der Waals surface area contributed by atoms with Crippen LogP contribution in [0.5, 0.6) is 5.75 Å². The number of amides is 1. The van der Waals surface area contributed by atoms with Gasteiger partial charge < -0.3 is 15.4 Å². The van der Waals surface area contributed by atoms with Gasteiger partial charge in [0.15, 0.2) is 0 Å². The molecular weight excluding hydrogens is 432 g/mol. The van der Waals surface area contributed by atoms with Crippen molar-refractivity contribution in [2.45, 2.75) is 18.7 Å². The van der Waals surface area contributed by atoms with Gasteiger partial charge in [-0.25, -0.2) is 18.1 Å². The summed E-state index contributed by atoms with van der Waals surface area (Å²) in [6, 6.07) is 11.7. The van der Waals surface area contributed by atoms with Crippen LogP contribution in [0.2, 0.25) is 0 Å². The van der Waals surface area contributed by atoms with Gasteiger partial charge in [-0.15, -0.1) is 0 Å². The van der Waals surface area contributed by atoms with E-state index in [1.165, 1.54) is 35.9 Å². The highest BCUT2D eigenvalue weighted by Crippen LogP contribution is 2.29. The van der Waals surface area contributed by atoms with E-state index in [9.17, 15) is 13.2 Å². The standard InChI is InChI=1S/C21H26N6O4S/c1-4-26(5-2)32(29,30)18-10-11-20(31-3)19(12-18)25-21(28)13-23-16-6-8-17(9-7-16)27-15-22-14-24-27/h6-12,14-15,23H,4-5,13H2,1-3H3,(H,25,28). The molecule has 0 unspecified atom stereocenters. The van der Waals surface area contributed by atoms with Crippen molar-refractivity contribution in [1.82, 2.24) is 19.1 Å². The molecule has 0 spiro atoms. The average Bonchev–Trinajstić information content (AvgIpc) is 3.33. The molecular formula is C21H26N6O4S. The summed E-state index contributed by atoms with van der Waals surface area (Å²) in [6.07, 6.45) is 3.05. The van der Waals surface area contributed by atoms with Crippen molar-refractivity contribution in [3.63, 3.8) is 0 Å². The van der Waals surface area contributed by atoms with Crippen LogP contribution in [-0.4, -0.2) is 60.1 Å². The summed E-state index contributed by atoms with van der Waals surface area (Å²) in [5.74, 6) is 0.0232. The first kappa shape index (κ1) is 23.2. The lowest BCUT2D eigenvalue weighted by molar-refractivity contribution is -0.114. The zero-order chi connectivity index (χ0) is 23.1. The van der Waals surface area contributed by atoms with Gasteiger partial charge in [0, 0.05) is 18.8 Å². The Kier molecular flexibility index (Phi) is 7.44. The van der Waals surface area contributed by atoms with Crippen molar-refractivity contribution < 1.29 is 17.9 Å². The van der Waals surface area contributed by atoms with Crippen LogP contribution >= 0.6 is 0 Å².